The fourth-order valence-electron chi connectivity index (χ4n) is 1.09. The molecule has 0 aliphatic heterocycles. The van der Waals surface area contributed by atoms with Crippen molar-refractivity contribution in [1.82, 2.24) is 4.73 Å². The third kappa shape index (κ3) is 2.95. The number of carbonyl (C=O) groups is 1. The third-order valence-electron chi connectivity index (χ3n) is 2.24. The Morgan fingerprint density at radius 2 is 2.06 bits per heavy atom. The van der Waals surface area contributed by atoms with Crippen LogP contribution in [-0.2, 0) is 11.2 Å². The van der Waals surface area contributed by atoms with E-state index in [4.69, 9.17) is 0 Å². The van der Waals surface area contributed by atoms with E-state index in [9.17, 15) is 10.0 Å². The van der Waals surface area contributed by atoms with Crippen LogP contribution in [0.15, 0.2) is 23.3 Å². The van der Waals surface area contributed by atoms with E-state index >= 15 is 0 Å². The molecule has 0 aromatic carbocycles. The number of carbonyl (C=O) groups excluding carboxylic acids is 1. The average molecular weight is 222 g/mol. The summed E-state index contributed by atoms with van der Waals surface area (Å²) in [4.78, 5) is 15.5. The summed E-state index contributed by atoms with van der Waals surface area (Å²) in [5, 5.41) is 9.61. The van der Waals surface area contributed by atoms with Gasteiger partial charge >= 0.3 is 0 Å². The van der Waals surface area contributed by atoms with Crippen LogP contribution >= 0.6 is 0 Å². The molecule has 1 N–H and O–H groups in total. The molecular weight excluding hydrogens is 204 g/mol. The second kappa shape index (κ2) is 4.51. The molecule has 1 heterocycles. The number of hydrogen-bond donors (Lipinski definition) is 1. The smallest absolute Gasteiger partial charge is 0.253 e. The van der Waals surface area contributed by atoms with Gasteiger partial charge in [-0.05, 0) is 18.1 Å². The minimum absolute atomic E-state index is 0.250. The molecule has 0 saturated heterocycles. The first-order valence-electron chi connectivity index (χ1n) is 5.34. The fraction of sp³-hybridized carbons (Fsp3) is 0.500. The highest BCUT2D eigenvalue weighted by Gasteiger charge is 2.20. The van der Waals surface area contributed by atoms with E-state index in [1.807, 2.05) is 13.0 Å². The number of aryl methyl sites for hydroxylation is 1. The van der Waals surface area contributed by atoms with Crippen molar-refractivity contribution in [2.24, 2.45) is 10.4 Å². The zero-order chi connectivity index (χ0) is 12.3. The van der Waals surface area contributed by atoms with Crippen LogP contribution in [0.4, 0.5) is 0 Å². The highest BCUT2D eigenvalue weighted by molar-refractivity contribution is 5.82. The summed E-state index contributed by atoms with van der Waals surface area (Å²) >= 11 is 0. The summed E-state index contributed by atoms with van der Waals surface area (Å²) in [5.41, 5.74) is 0.720. The Bertz CT molecular complexity index is 453. The number of hydrogen-bond acceptors (Lipinski definition) is 2. The van der Waals surface area contributed by atoms with E-state index in [0.29, 0.717) is 0 Å². The molecule has 0 fully saturated rings. The Balaban J connectivity index is 3.15. The number of nitrogens with zero attached hydrogens (tertiary/aromatic N) is 2. The highest BCUT2D eigenvalue weighted by Crippen LogP contribution is 2.14. The van der Waals surface area contributed by atoms with Crippen LogP contribution in [-0.4, -0.2) is 15.8 Å². The number of amides is 1. The van der Waals surface area contributed by atoms with E-state index < -0.39 is 5.41 Å². The van der Waals surface area contributed by atoms with Crippen molar-refractivity contribution in [3.8, 4) is 0 Å². The Morgan fingerprint density at radius 3 is 2.50 bits per heavy atom. The van der Waals surface area contributed by atoms with Gasteiger partial charge in [-0.25, -0.2) is 0 Å². The SMILES string of the molecule is CCc1ccc(=NC(=O)C(C)(C)C)n(O)c1. The van der Waals surface area contributed by atoms with Crippen LogP contribution < -0.4 is 5.49 Å². The van der Waals surface area contributed by atoms with Crippen LogP contribution in [0, 0.1) is 5.41 Å². The van der Waals surface area contributed by atoms with Crippen molar-refractivity contribution < 1.29 is 10.0 Å². The lowest BCUT2D eigenvalue weighted by atomic mass is 9.96. The highest BCUT2D eigenvalue weighted by atomic mass is 16.5. The number of pyridine rings is 1. The molecule has 0 radical (unpaired) electrons. The molecule has 0 saturated carbocycles. The number of rotatable bonds is 1. The van der Waals surface area contributed by atoms with Gasteiger partial charge in [0.15, 0.2) is 5.49 Å². The first-order chi connectivity index (χ1) is 7.34. The van der Waals surface area contributed by atoms with Gasteiger partial charge in [-0.3, -0.25) is 4.79 Å². The summed E-state index contributed by atoms with van der Waals surface area (Å²) in [5.74, 6) is -0.250. The van der Waals surface area contributed by atoms with Gasteiger partial charge in [0.05, 0.1) is 0 Å². The lowest BCUT2D eigenvalue weighted by Crippen LogP contribution is -2.25. The van der Waals surface area contributed by atoms with E-state index in [-0.39, 0.29) is 11.4 Å². The summed E-state index contributed by atoms with van der Waals surface area (Å²) in [6.45, 7) is 7.37. The predicted molar refractivity (Wildman–Crippen MR) is 61.0 cm³/mol. The first kappa shape index (κ1) is 12.5. The Hall–Kier alpha value is -1.58. The second-order valence-corrected chi connectivity index (χ2v) is 4.76. The fourth-order valence-corrected chi connectivity index (χ4v) is 1.09. The minimum Gasteiger partial charge on any atom is -0.427 e. The first-order valence-corrected chi connectivity index (χ1v) is 5.34. The van der Waals surface area contributed by atoms with E-state index in [1.54, 1.807) is 33.0 Å². The van der Waals surface area contributed by atoms with Crippen molar-refractivity contribution in [3.63, 3.8) is 0 Å². The summed E-state index contributed by atoms with van der Waals surface area (Å²) < 4.78 is 0.891. The van der Waals surface area contributed by atoms with Crippen molar-refractivity contribution in [1.29, 1.82) is 0 Å². The van der Waals surface area contributed by atoms with Crippen LogP contribution in [0.1, 0.15) is 33.3 Å². The Morgan fingerprint density at radius 1 is 1.44 bits per heavy atom. The molecule has 1 amide bonds. The predicted octanol–water partition coefficient (Wildman–Crippen LogP) is 1.76. The standard InChI is InChI=1S/C12H18N2O2/c1-5-9-6-7-10(14(16)8-9)13-11(15)12(2,3)4/h6-8,16H,5H2,1-4H3. The molecule has 0 unspecified atom stereocenters. The molecule has 0 bridgehead atoms. The lowest BCUT2D eigenvalue weighted by molar-refractivity contribution is -0.125. The molecule has 16 heavy (non-hydrogen) atoms. The zero-order valence-electron chi connectivity index (χ0n) is 10.2. The van der Waals surface area contributed by atoms with E-state index in [1.165, 1.54) is 0 Å². The molecule has 0 aliphatic rings. The van der Waals surface area contributed by atoms with Crippen molar-refractivity contribution in [2.75, 3.05) is 0 Å². The van der Waals surface area contributed by atoms with Gasteiger partial charge < -0.3 is 5.21 Å². The largest absolute Gasteiger partial charge is 0.427 e. The maximum atomic E-state index is 11.6. The van der Waals surface area contributed by atoms with Gasteiger partial charge in [-0.1, -0.05) is 33.8 Å². The molecule has 0 aliphatic carbocycles. The van der Waals surface area contributed by atoms with Gasteiger partial charge in [0.1, 0.15) is 0 Å². The maximum Gasteiger partial charge on any atom is 0.253 e. The van der Waals surface area contributed by atoms with Gasteiger partial charge in [0.25, 0.3) is 5.91 Å². The third-order valence-corrected chi connectivity index (χ3v) is 2.24. The van der Waals surface area contributed by atoms with Crippen molar-refractivity contribution in [2.45, 2.75) is 34.1 Å². The number of aromatic nitrogens is 1. The van der Waals surface area contributed by atoms with Crippen molar-refractivity contribution in [3.05, 3.63) is 29.4 Å². The van der Waals surface area contributed by atoms with Crippen LogP contribution in [0.3, 0.4) is 0 Å². The molecule has 0 atom stereocenters. The zero-order valence-corrected chi connectivity index (χ0v) is 10.2. The molecule has 0 spiro atoms. The van der Waals surface area contributed by atoms with Gasteiger partial charge in [0.2, 0.25) is 0 Å². The molecule has 4 nitrogen and oxygen atoms in total. The van der Waals surface area contributed by atoms with Crippen molar-refractivity contribution >= 4 is 5.91 Å². The van der Waals surface area contributed by atoms with Crippen LogP contribution in [0.25, 0.3) is 0 Å². The van der Waals surface area contributed by atoms with E-state index in [2.05, 4.69) is 4.99 Å². The molecule has 1 aromatic heterocycles. The van der Waals surface area contributed by atoms with Crippen LogP contribution in [0.2, 0.25) is 0 Å². The van der Waals surface area contributed by atoms with Crippen LogP contribution in [0.5, 0.6) is 0 Å². The topological polar surface area (TPSA) is 54.6 Å². The molecule has 1 aromatic rings. The average Bonchev–Trinajstić information content (AvgIpc) is 2.19. The summed E-state index contributed by atoms with van der Waals surface area (Å²) in [6, 6.07) is 3.49. The van der Waals surface area contributed by atoms with E-state index in [0.717, 1.165) is 16.7 Å². The van der Waals surface area contributed by atoms with Gasteiger partial charge in [-0.2, -0.15) is 9.72 Å². The molecule has 1 rings (SSSR count). The summed E-state index contributed by atoms with van der Waals surface area (Å²) in [6.07, 6.45) is 2.39. The lowest BCUT2D eigenvalue weighted by Gasteiger charge is -2.12. The Labute approximate surface area is 95.2 Å². The minimum atomic E-state index is -0.531. The Kier molecular flexibility index (Phi) is 3.52. The molecular formula is C12H18N2O2. The summed E-state index contributed by atoms with van der Waals surface area (Å²) in [7, 11) is 0. The molecule has 88 valence electrons. The van der Waals surface area contributed by atoms with Gasteiger partial charge in [0, 0.05) is 11.6 Å². The maximum absolute atomic E-state index is 11.6. The van der Waals surface area contributed by atoms with Gasteiger partial charge in [-0.15, -0.1) is 0 Å². The monoisotopic (exact) mass is 222 g/mol. The normalized spacial score (nSPS) is 12.9. The second-order valence-electron chi connectivity index (χ2n) is 4.76. The quantitative estimate of drug-likeness (QED) is 0.736. The molecule has 4 heteroatoms.